The van der Waals surface area contributed by atoms with Crippen molar-refractivity contribution in [1.29, 1.82) is 0 Å². The molecule has 1 N–H and O–H groups in total. The number of carbonyl (C=O) groups is 1. The maximum Gasteiger partial charge on any atom is 0.259 e. The van der Waals surface area contributed by atoms with Crippen LogP contribution in [-0.4, -0.2) is 63.0 Å². The van der Waals surface area contributed by atoms with Crippen molar-refractivity contribution in [3.05, 3.63) is 46.4 Å². The number of nitrogens with one attached hydrogen (secondary N) is 1. The number of carbonyl (C=O) groups excluding carboxylic acids is 1. The van der Waals surface area contributed by atoms with E-state index < -0.39 is 0 Å². The van der Waals surface area contributed by atoms with Gasteiger partial charge >= 0.3 is 0 Å². The van der Waals surface area contributed by atoms with E-state index in [1.165, 1.54) is 19.3 Å². The minimum absolute atomic E-state index is 0.0947. The molecule has 2 saturated heterocycles. The molecule has 0 aliphatic carbocycles. The standard InChI is InChI=1S/C23H29N5O2/c29-22(10-14-26-11-4-1-5-12-26)27-13-6-7-17(16-27)19-15-21-24-23(30)18-8-2-3-9-20(18)28(21)25-19/h2-3,8-9,15,17H,1,4-7,10-14,16H2,(H,24,30). The number of hydrogen-bond donors (Lipinski definition) is 1. The smallest absolute Gasteiger partial charge is 0.259 e. The van der Waals surface area contributed by atoms with E-state index in [4.69, 9.17) is 5.10 Å². The molecule has 7 nitrogen and oxygen atoms in total. The van der Waals surface area contributed by atoms with Gasteiger partial charge in [0.2, 0.25) is 5.91 Å². The summed E-state index contributed by atoms with van der Waals surface area (Å²) in [6, 6.07) is 9.50. The van der Waals surface area contributed by atoms with Crippen LogP contribution >= 0.6 is 0 Å². The first kappa shape index (κ1) is 19.3. The summed E-state index contributed by atoms with van der Waals surface area (Å²) < 4.78 is 1.82. The summed E-state index contributed by atoms with van der Waals surface area (Å²) in [6.45, 7) is 4.68. The van der Waals surface area contributed by atoms with E-state index in [1.54, 1.807) is 0 Å². The number of hydrogen-bond acceptors (Lipinski definition) is 4. The van der Waals surface area contributed by atoms with E-state index in [9.17, 15) is 9.59 Å². The highest BCUT2D eigenvalue weighted by atomic mass is 16.2. The Kier molecular flexibility index (Phi) is 5.29. The zero-order chi connectivity index (χ0) is 20.5. The second-order valence-corrected chi connectivity index (χ2v) is 8.67. The minimum atomic E-state index is -0.0947. The zero-order valence-corrected chi connectivity index (χ0v) is 17.3. The number of likely N-dealkylation sites (tertiary alicyclic amines) is 2. The van der Waals surface area contributed by atoms with Gasteiger partial charge in [0.15, 0.2) is 0 Å². The molecular formula is C23H29N5O2. The van der Waals surface area contributed by atoms with E-state index in [1.807, 2.05) is 39.7 Å². The molecule has 30 heavy (non-hydrogen) atoms. The molecule has 1 unspecified atom stereocenters. The monoisotopic (exact) mass is 407 g/mol. The molecule has 0 spiro atoms. The highest BCUT2D eigenvalue weighted by Gasteiger charge is 2.27. The summed E-state index contributed by atoms with van der Waals surface area (Å²) >= 11 is 0. The van der Waals surface area contributed by atoms with Crippen LogP contribution in [0, 0.1) is 0 Å². The van der Waals surface area contributed by atoms with Gasteiger partial charge in [-0.25, -0.2) is 4.52 Å². The first-order valence-corrected chi connectivity index (χ1v) is 11.2. The molecule has 1 atom stereocenters. The Hall–Kier alpha value is -2.67. The summed E-state index contributed by atoms with van der Waals surface area (Å²) in [5, 5.41) is 5.46. The van der Waals surface area contributed by atoms with E-state index in [0.29, 0.717) is 24.0 Å². The third-order valence-electron chi connectivity index (χ3n) is 6.63. The van der Waals surface area contributed by atoms with Crippen LogP contribution in [0.15, 0.2) is 35.1 Å². The largest absolute Gasteiger partial charge is 0.342 e. The molecule has 1 aromatic carbocycles. The van der Waals surface area contributed by atoms with Crippen LogP contribution in [0.3, 0.4) is 0 Å². The third kappa shape index (κ3) is 3.74. The average molecular weight is 408 g/mol. The summed E-state index contributed by atoms with van der Waals surface area (Å²) in [4.78, 5) is 32.6. The van der Waals surface area contributed by atoms with Gasteiger partial charge < -0.3 is 14.8 Å². The van der Waals surface area contributed by atoms with Crippen molar-refractivity contribution in [1.82, 2.24) is 24.4 Å². The zero-order valence-electron chi connectivity index (χ0n) is 17.3. The molecule has 2 aliphatic rings. The van der Waals surface area contributed by atoms with Crippen LogP contribution in [0.2, 0.25) is 0 Å². The summed E-state index contributed by atoms with van der Waals surface area (Å²) in [5.41, 5.74) is 2.38. The lowest BCUT2D eigenvalue weighted by Gasteiger charge is -2.33. The Balaban J connectivity index is 1.32. The van der Waals surface area contributed by atoms with Crippen molar-refractivity contribution in [2.45, 2.75) is 44.4 Å². The number of para-hydroxylation sites is 1. The predicted octanol–water partition coefficient (Wildman–Crippen LogP) is 2.76. The van der Waals surface area contributed by atoms with Crippen LogP contribution in [0.4, 0.5) is 0 Å². The molecule has 158 valence electrons. The van der Waals surface area contributed by atoms with Crippen LogP contribution in [0.25, 0.3) is 16.6 Å². The molecule has 5 rings (SSSR count). The summed E-state index contributed by atoms with van der Waals surface area (Å²) in [5.74, 6) is 0.466. The summed E-state index contributed by atoms with van der Waals surface area (Å²) in [6.07, 6.45) is 6.44. The fourth-order valence-corrected chi connectivity index (χ4v) is 4.95. The van der Waals surface area contributed by atoms with Crippen LogP contribution in [-0.2, 0) is 4.79 Å². The predicted molar refractivity (Wildman–Crippen MR) is 117 cm³/mol. The van der Waals surface area contributed by atoms with Gasteiger partial charge in [0.05, 0.1) is 16.6 Å². The first-order chi connectivity index (χ1) is 14.7. The summed E-state index contributed by atoms with van der Waals surface area (Å²) in [7, 11) is 0. The Morgan fingerprint density at radius 1 is 1.10 bits per heavy atom. The van der Waals surface area contributed by atoms with Gasteiger partial charge in [-0.1, -0.05) is 18.6 Å². The Morgan fingerprint density at radius 2 is 1.93 bits per heavy atom. The molecule has 4 heterocycles. The highest BCUT2D eigenvalue weighted by Crippen LogP contribution is 2.27. The van der Waals surface area contributed by atoms with Gasteiger partial charge in [-0.15, -0.1) is 0 Å². The molecule has 0 radical (unpaired) electrons. The molecular weight excluding hydrogens is 378 g/mol. The number of fused-ring (bicyclic) bond motifs is 3. The van der Waals surface area contributed by atoms with Crippen LogP contribution < -0.4 is 5.56 Å². The van der Waals surface area contributed by atoms with Gasteiger partial charge in [-0.3, -0.25) is 9.59 Å². The third-order valence-corrected chi connectivity index (χ3v) is 6.63. The first-order valence-electron chi connectivity index (χ1n) is 11.2. The van der Waals surface area contributed by atoms with Gasteiger partial charge in [0, 0.05) is 38.0 Å². The number of nitrogens with zero attached hydrogens (tertiary/aromatic N) is 4. The lowest BCUT2D eigenvalue weighted by atomic mass is 9.94. The van der Waals surface area contributed by atoms with E-state index >= 15 is 0 Å². The maximum absolute atomic E-state index is 12.8. The minimum Gasteiger partial charge on any atom is -0.342 e. The molecule has 2 aromatic heterocycles. The number of aromatic nitrogens is 3. The molecule has 1 amide bonds. The molecule has 0 saturated carbocycles. The van der Waals surface area contributed by atoms with Gasteiger partial charge in [0.25, 0.3) is 5.56 Å². The molecule has 2 aliphatic heterocycles. The molecule has 7 heteroatoms. The lowest BCUT2D eigenvalue weighted by Crippen LogP contribution is -2.41. The number of H-pyrrole nitrogens is 1. The Morgan fingerprint density at radius 3 is 2.80 bits per heavy atom. The quantitative estimate of drug-likeness (QED) is 0.722. The topological polar surface area (TPSA) is 73.7 Å². The number of aromatic amines is 1. The molecule has 2 fully saturated rings. The van der Waals surface area contributed by atoms with E-state index in [-0.39, 0.29) is 17.4 Å². The van der Waals surface area contributed by atoms with Gasteiger partial charge in [-0.2, -0.15) is 5.10 Å². The van der Waals surface area contributed by atoms with Gasteiger partial charge in [-0.05, 0) is 50.9 Å². The van der Waals surface area contributed by atoms with Crippen molar-refractivity contribution < 1.29 is 4.79 Å². The van der Waals surface area contributed by atoms with Crippen molar-refractivity contribution in [3.63, 3.8) is 0 Å². The van der Waals surface area contributed by atoms with Crippen molar-refractivity contribution in [3.8, 4) is 0 Å². The Labute approximate surface area is 175 Å². The molecule has 3 aromatic rings. The normalized spacial score (nSPS) is 20.8. The average Bonchev–Trinajstić information content (AvgIpc) is 3.23. The number of amides is 1. The maximum atomic E-state index is 12.8. The number of benzene rings is 1. The van der Waals surface area contributed by atoms with Gasteiger partial charge in [0.1, 0.15) is 5.65 Å². The fourth-order valence-electron chi connectivity index (χ4n) is 4.95. The van der Waals surface area contributed by atoms with Crippen molar-refractivity contribution >= 4 is 22.5 Å². The van der Waals surface area contributed by atoms with Crippen LogP contribution in [0.5, 0.6) is 0 Å². The fraction of sp³-hybridized carbons (Fsp3) is 0.522. The van der Waals surface area contributed by atoms with Crippen molar-refractivity contribution in [2.24, 2.45) is 0 Å². The van der Waals surface area contributed by atoms with E-state index in [2.05, 4.69) is 9.88 Å². The second kappa shape index (κ2) is 8.22. The van der Waals surface area contributed by atoms with Crippen molar-refractivity contribution in [2.75, 3.05) is 32.7 Å². The molecule has 0 bridgehead atoms. The number of rotatable bonds is 4. The highest BCUT2D eigenvalue weighted by molar-refractivity contribution is 5.80. The second-order valence-electron chi connectivity index (χ2n) is 8.67. The van der Waals surface area contributed by atoms with Crippen LogP contribution in [0.1, 0.15) is 50.1 Å². The lowest BCUT2D eigenvalue weighted by molar-refractivity contribution is -0.132. The SMILES string of the molecule is O=C(CCN1CCCCC1)N1CCCC(c2cc3[nH]c(=O)c4ccccc4n3n2)C1. The number of piperidine rings is 2. The Bertz CT molecular complexity index is 1110. The van der Waals surface area contributed by atoms with E-state index in [0.717, 1.165) is 50.2 Å².